The summed E-state index contributed by atoms with van der Waals surface area (Å²) in [6.07, 6.45) is 1.03. The fraction of sp³-hybridized carbons (Fsp3) is 0.263. The zero-order valence-electron chi connectivity index (χ0n) is 14.2. The molecule has 2 aromatic carbocycles. The van der Waals surface area contributed by atoms with Gasteiger partial charge in [0.2, 0.25) is 0 Å². The second-order valence-electron chi connectivity index (χ2n) is 5.94. The van der Waals surface area contributed by atoms with Gasteiger partial charge in [0.05, 0.1) is 11.5 Å². The molecule has 134 valence electrons. The molecule has 0 aromatic heterocycles. The van der Waals surface area contributed by atoms with E-state index in [4.69, 9.17) is 0 Å². The van der Waals surface area contributed by atoms with Crippen molar-refractivity contribution in [2.45, 2.75) is 13.0 Å². The first-order chi connectivity index (χ1) is 12.6. The van der Waals surface area contributed by atoms with Crippen LogP contribution in [-0.4, -0.2) is 39.6 Å². The minimum atomic E-state index is -0.487. The van der Waals surface area contributed by atoms with E-state index in [2.05, 4.69) is 4.99 Å². The van der Waals surface area contributed by atoms with Gasteiger partial charge in [0.15, 0.2) is 11.0 Å². The third kappa shape index (κ3) is 4.70. The normalized spacial score (nSPS) is 13.8. The van der Waals surface area contributed by atoms with Gasteiger partial charge in [0.1, 0.15) is 0 Å². The number of hydrogen-bond donors (Lipinski definition) is 0. The van der Waals surface area contributed by atoms with E-state index in [0.29, 0.717) is 12.1 Å². The highest BCUT2D eigenvalue weighted by molar-refractivity contribution is 8.13. The standard InChI is InChI=1S/C19H19N3O3S/c23-18(16-8-4-9-17(12-16)22(24)25)14-21(19-20-10-5-11-26-19)13-15-6-2-1-3-7-15/h1-4,6-9,12H,5,10-11,13-14H2. The number of nitrogens with zero attached hydrogens (tertiary/aromatic N) is 3. The van der Waals surface area contributed by atoms with Crippen molar-refractivity contribution >= 4 is 28.4 Å². The second kappa shape index (κ2) is 8.62. The molecular weight excluding hydrogens is 350 g/mol. The van der Waals surface area contributed by atoms with E-state index >= 15 is 0 Å². The number of Topliss-reactive ketones (excluding diaryl/α,β-unsaturated/α-hetero) is 1. The van der Waals surface area contributed by atoms with Crippen molar-refractivity contribution in [2.75, 3.05) is 18.8 Å². The molecule has 1 aliphatic heterocycles. The Hall–Kier alpha value is -2.67. The molecule has 0 amide bonds. The number of non-ortho nitro benzene ring substituents is 1. The molecule has 1 heterocycles. The molecule has 0 fully saturated rings. The highest BCUT2D eigenvalue weighted by Gasteiger charge is 2.20. The average molecular weight is 369 g/mol. The van der Waals surface area contributed by atoms with Gasteiger partial charge < -0.3 is 4.90 Å². The van der Waals surface area contributed by atoms with Crippen LogP contribution in [0.4, 0.5) is 5.69 Å². The van der Waals surface area contributed by atoms with Crippen LogP contribution in [0.1, 0.15) is 22.3 Å². The molecule has 3 rings (SSSR count). The Bertz CT molecular complexity index is 824. The van der Waals surface area contributed by atoms with Crippen LogP contribution in [0, 0.1) is 10.1 Å². The highest BCUT2D eigenvalue weighted by Crippen LogP contribution is 2.20. The van der Waals surface area contributed by atoms with Crippen molar-refractivity contribution in [3.8, 4) is 0 Å². The number of rotatable bonds is 6. The fourth-order valence-electron chi connectivity index (χ4n) is 2.69. The topological polar surface area (TPSA) is 75.8 Å². The Morgan fingerprint density at radius 1 is 1.19 bits per heavy atom. The van der Waals surface area contributed by atoms with Crippen molar-refractivity contribution in [3.05, 3.63) is 75.8 Å². The van der Waals surface area contributed by atoms with E-state index in [-0.39, 0.29) is 18.0 Å². The van der Waals surface area contributed by atoms with Gasteiger partial charge in [-0.2, -0.15) is 0 Å². The van der Waals surface area contributed by atoms with Crippen molar-refractivity contribution in [3.63, 3.8) is 0 Å². The summed E-state index contributed by atoms with van der Waals surface area (Å²) >= 11 is 1.65. The summed E-state index contributed by atoms with van der Waals surface area (Å²) in [5.74, 6) is 0.827. The smallest absolute Gasteiger partial charge is 0.270 e. The Kier molecular flexibility index (Phi) is 6.01. The first-order valence-corrected chi connectivity index (χ1v) is 9.36. The summed E-state index contributed by atoms with van der Waals surface area (Å²) in [6.45, 7) is 1.48. The Morgan fingerprint density at radius 3 is 2.69 bits per heavy atom. The number of nitro benzene ring substituents is 1. The number of aliphatic imine (C=N–C) groups is 1. The quantitative estimate of drug-likeness (QED) is 0.440. The summed E-state index contributed by atoms with van der Waals surface area (Å²) in [6, 6.07) is 15.8. The van der Waals surface area contributed by atoms with Crippen LogP contribution >= 0.6 is 11.8 Å². The molecule has 0 atom stereocenters. The predicted molar refractivity (Wildman–Crippen MR) is 104 cm³/mol. The largest absolute Gasteiger partial charge is 0.339 e. The molecule has 1 aliphatic rings. The van der Waals surface area contributed by atoms with Gasteiger partial charge >= 0.3 is 0 Å². The van der Waals surface area contributed by atoms with Crippen LogP contribution in [0.5, 0.6) is 0 Å². The summed E-state index contributed by atoms with van der Waals surface area (Å²) in [5, 5.41) is 11.8. The first-order valence-electron chi connectivity index (χ1n) is 8.37. The zero-order chi connectivity index (χ0) is 18.4. The predicted octanol–water partition coefficient (Wildman–Crippen LogP) is 3.77. The van der Waals surface area contributed by atoms with Gasteiger partial charge in [-0.1, -0.05) is 54.2 Å². The van der Waals surface area contributed by atoms with E-state index in [1.807, 2.05) is 35.2 Å². The third-order valence-electron chi connectivity index (χ3n) is 3.98. The van der Waals surface area contributed by atoms with E-state index in [1.54, 1.807) is 23.9 Å². The molecular formula is C19H19N3O3S. The molecule has 0 radical (unpaired) electrons. The van der Waals surface area contributed by atoms with Crippen LogP contribution in [0.3, 0.4) is 0 Å². The summed E-state index contributed by atoms with van der Waals surface area (Å²) < 4.78 is 0. The van der Waals surface area contributed by atoms with Crippen LogP contribution in [0.2, 0.25) is 0 Å². The Labute approximate surface area is 156 Å². The lowest BCUT2D eigenvalue weighted by atomic mass is 10.1. The van der Waals surface area contributed by atoms with E-state index < -0.39 is 4.92 Å². The molecule has 7 heteroatoms. The van der Waals surface area contributed by atoms with E-state index in [1.165, 1.54) is 12.1 Å². The summed E-state index contributed by atoms with van der Waals surface area (Å²) in [4.78, 5) is 29.7. The van der Waals surface area contributed by atoms with Crippen LogP contribution in [0.15, 0.2) is 59.6 Å². The summed E-state index contributed by atoms with van der Waals surface area (Å²) in [5.41, 5.74) is 1.36. The van der Waals surface area contributed by atoms with Crippen molar-refractivity contribution in [1.29, 1.82) is 0 Å². The molecule has 6 nitrogen and oxygen atoms in total. The number of amidine groups is 1. The van der Waals surface area contributed by atoms with Crippen molar-refractivity contribution in [2.24, 2.45) is 4.99 Å². The number of carbonyl (C=O) groups excluding carboxylic acids is 1. The molecule has 0 aliphatic carbocycles. The maximum Gasteiger partial charge on any atom is 0.270 e. The number of thioether (sulfide) groups is 1. The number of hydrogen-bond acceptors (Lipinski definition) is 6. The Balaban J connectivity index is 1.80. The lowest BCUT2D eigenvalue weighted by molar-refractivity contribution is -0.384. The van der Waals surface area contributed by atoms with Gasteiger partial charge in [-0.3, -0.25) is 19.9 Å². The van der Waals surface area contributed by atoms with Crippen LogP contribution in [0.25, 0.3) is 0 Å². The number of benzene rings is 2. The van der Waals surface area contributed by atoms with Crippen LogP contribution in [-0.2, 0) is 6.54 Å². The fourth-order valence-corrected chi connectivity index (χ4v) is 3.64. The van der Waals surface area contributed by atoms with Gasteiger partial charge in [-0.25, -0.2) is 0 Å². The molecule has 0 bridgehead atoms. The minimum Gasteiger partial charge on any atom is -0.339 e. The average Bonchev–Trinajstić information content (AvgIpc) is 2.69. The second-order valence-corrected chi connectivity index (χ2v) is 7.00. The Morgan fingerprint density at radius 2 is 2.00 bits per heavy atom. The third-order valence-corrected chi connectivity index (χ3v) is 5.12. The molecule has 26 heavy (non-hydrogen) atoms. The molecule has 2 aromatic rings. The number of ketones is 1. The van der Waals surface area contributed by atoms with E-state index in [9.17, 15) is 14.9 Å². The molecule has 0 unspecified atom stereocenters. The van der Waals surface area contributed by atoms with Gasteiger partial charge in [0.25, 0.3) is 5.69 Å². The van der Waals surface area contributed by atoms with Gasteiger partial charge in [0, 0.05) is 36.5 Å². The van der Waals surface area contributed by atoms with E-state index in [0.717, 1.165) is 29.4 Å². The van der Waals surface area contributed by atoms with Gasteiger partial charge in [-0.15, -0.1) is 0 Å². The minimum absolute atomic E-state index is 0.0742. The highest BCUT2D eigenvalue weighted by atomic mass is 32.2. The lowest BCUT2D eigenvalue weighted by Gasteiger charge is -2.27. The monoisotopic (exact) mass is 369 g/mol. The van der Waals surface area contributed by atoms with Crippen LogP contribution < -0.4 is 0 Å². The zero-order valence-corrected chi connectivity index (χ0v) is 15.0. The summed E-state index contributed by atoms with van der Waals surface area (Å²) in [7, 11) is 0. The number of nitro groups is 1. The molecule has 0 spiro atoms. The van der Waals surface area contributed by atoms with Crippen molar-refractivity contribution < 1.29 is 9.72 Å². The van der Waals surface area contributed by atoms with Crippen molar-refractivity contribution in [1.82, 2.24) is 4.90 Å². The first kappa shape index (κ1) is 18.1. The SMILES string of the molecule is O=C(CN(Cc1ccccc1)C1=NCCCS1)c1cccc([N+](=O)[O-])c1. The lowest BCUT2D eigenvalue weighted by Crippen LogP contribution is -2.35. The molecule has 0 saturated heterocycles. The maximum absolute atomic E-state index is 12.7. The maximum atomic E-state index is 12.7. The molecule has 0 saturated carbocycles. The number of carbonyl (C=O) groups is 1. The van der Waals surface area contributed by atoms with Gasteiger partial charge in [-0.05, 0) is 12.0 Å². The molecule has 0 N–H and O–H groups in total.